The van der Waals surface area contributed by atoms with Crippen molar-refractivity contribution in [1.29, 1.82) is 0 Å². The molecule has 1 rings (SSSR count). The number of nitrogens with two attached hydrogens (primary N) is 1. The van der Waals surface area contributed by atoms with Crippen LogP contribution in [0.25, 0.3) is 0 Å². The quantitative estimate of drug-likeness (QED) is 0.488. The first kappa shape index (κ1) is 10.2. The first-order chi connectivity index (χ1) is 6.06. The smallest absolute Gasteiger partial charge is 0.340 e. The van der Waals surface area contributed by atoms with E-state index in [4.69, 9.17) is 5.73 Å². The van der Waals surface area contributed by atoms with Crippen LogP contribution in [0.4, 0.5) is 10.1 Å². The van der Waals surface area contributed by atoms with Crippen molar-refractivity contribution in [2.24, 2.45) is 0 Å². The van der Waals surface area contributed by atoms with Gasteiger partial charge >= 0.3 is 5.97 Å². The molecule has 0 aliphatic carbocycles. The fraction of sp³-hybridized carbons (Fsp3) is 0.125. The molecule has 0 atom stereocenters. The van der Waals surface area contributed by atoms with Crippen LogP contribution in [0, 0.1) is 9.39 Å². The van der Waals surface area contributed by atoms with Crippen LogP contribution < -0.4 is 5.73 Å². The molecule has 70 valence electrons. The lowest BCUT2D eigenvalue weighted by Crippen LogP contribution is -2.07. The summed E-state index contributed by atoms with van der Waals surface area (Å²) in [4.78, 5) is 11.1. The van der Waals surface area contributed by atoms with Gasteiger partial charge in [-0.15, -0.1) is 0 Å². The summed E-state index contributed by atoms with van der Waals surface area (Å²) < 4.78 is 17.8. The Morgan fingerprint density at radius 2 is 2.23 bits per heavy atom. The van der Waals surface area contributed by atoms with Gasteiger partial charge in [-0.25, -0.2) is 9.18 Å². The summed E-state index contributed by atoms with van der Waals surface area (Å²) in [5, 5.41) is 0. The largest absolute Gasteiger partial charge is 0.465 e. The monoisotopic (exact) mass is 295 g/mol. The fourth-order valence-corrected chi connectivity index (χ4v) is 1.45. The molecule has 0 bridgehead atoms. The number of carbonyl (C=O) groups excluding carboxylic acids is 1. The van der Waals surface area contributed by atoms with Gasteiger partial charge in [0.15, 0.2) is 0 Å². The van der Waals surface area contributed by atoms with Gasteiger partial charge in [-0.3, -0.25) is 0 Å². The molecule has 0 radical (unpaired) electrons. The minimum absolute atomic E-state index is 0.0619. The van der Waals surface area contributed by atoms with Crippen LogP contribution in [-0.4, -0.2) is 13.1 Å². The number of esters is 1. The zero-order valence-electron chi connectivity index (χ0n) is 6.80. The lowest BCUT2D eigenvalue weighted by molar-refractivity contribution is 0.0601. The maximum Gasteiger partial charge on any atom is 0.340 e. The zero-order chi connectivity index (χ0) is 10.0. The molecule has 0 fully saturated rings. The third kappa shape index (κ3) is 2.09. The average Bonchev–Trinajstić information content (AvgIpc) is 2.10. The van der Waals surface area contributed by atoms with Crippen LogP contribution >= 0.6 is 22.6 Å². The standard InChI is InChI=1S/C8H7FINO2/c1-13-8(12)5-2-4(9)3-6(10)7(5)11/h2-3H,11H2,1H3. The molecular weight excluding hydrogens is 288 g/mol. The molecule has 0 amide bonds. The minimum Gasteiger partial charge on any atom is -0.465 e. The third-order valence-electron chi connectivity index (χ3n) is 1.50. The summed E-state index contributed by atoms with van der Waals surface area (Å²) >= 11 is 1.85. The van der Waals surface area contributed by atoms with Crippen molar-refractivity contribution >= 4 is 34.2 Å². The van der Waals surface area contributed by atoms with E-state index in [1.165, 1.54) is 13.2 Å². The molecule has 0 spiro atoms. The van der Waals surface area contributed by atoms with Crippen LogP contribution in [0.15, 0.2) is 12.1 Å². The van der Waals surface area contributed by atoms with Gasteiger partial charge in [0.2, 0.25) is 0 Å². The van der Waals surface area contributed by atoms with E-state index >= 15 is 0 Å². The Bertz CT molecular complexity index is 354. The number of halogens is 2. The molecule has 0 unspecified atom stereocenters. The number of benzene rings is 1. The van der Waals surface area contributed by atoms with E-state index < -0.39 is 11.8 Å². The molecule has 0 heterocycles. The van der Waals surface area contributed by atoms with Gasteiger partial charge in [0.05, 0.1) is 18.4 Å². The second kappa shape index (κ2) is 3.91. The van der Waals surface area contributed by atoms with Crippen LogP contribution in [0.3, 0.4) is 0 Å². The van der Waals surface area contributed by atoms with E-state index in [0.717, 1.165) is 6.07 Å². The topological polar surface area (TPSA) is 52.3 Å². The highest BCUT2D eigenvalue weighted by Gasteiger charge is 2.13. The van der Waals surface area contributed by atoms with Gasteiger partial charge in [-0.05, 0) is 34.7 Å². The van der Waals surface area contributed by atoms with Gasteiger partial charge in [0, 0.05) is 3.57 Å². The Labute approximate surface area is 88.2 Å². The van der Waals surface area contributed by atoms with E-state index in [1.54, 1.807) is 0 Å². The van der Waals surface area contributed by atoms with Gasteiger partial charge in [-0.2, -0.15) is 0 Å². The van der Waals surface area contributed by atoms with Crippen molar-refractivity contribution in [2.75, 3.05) is 12.8 Å². The lowest BCUT2D eigenvalue weighted by Gasteiger charge is -2.05. The number of hydrogen-bond acceptors (Lipinski definition) is 3. The number of rotatable bonds is 1. The van der Waals surface area contributed by atoms with Crippen LogP contribution in [0.2, 0.25) is 0 Å². The predicted octanol–water partition coefficient (Wildman–Crippen LogP) is 1.80. The maximum absolute atomic E-state index is 12.8. The maximum atomic E-state index is 12.8. The fourth-order valence-electron chi connectivity index (χ4n) is 0.864. The normalized spacial score (nSPS) is 9.77. The average molecular weight is 295 g/mol. The van der Waals surface area contributed by atoms with E-state index in [-0.39, 0.29) is 11.3 Å². The lowest BCUT2D eigenvalue weighted by atomic mass is 10.2. The molecular formula is C8H7FINO2. The van der Waals surface area contributed by atoms with Crippen molar-refractivity contribution in [1.82, 2.24) is 0 Å². The number of anilines is 1. The van der Waals surface area contributed by atoms with Crippen molar-refractivity contribution < 1.29 is 13.9 Å². The molecule has 5 heteroatoms. The molecule has 1 aromatic rings. The zero-order valence-corrected chi connectivity index (χ0v) is 8.96. The van der Waals surface area contributed by atoms with Crippen molar-refractivity contribution in [3.8, 4) is 0 Å². The first-order valence-corrected chi connectivity index (χ1v) is 4.47. The van der Waals surface area contributed by atoms with E-state index in [9.17, 15) is 9.18 Å². The molecule has 0 aliphatic rings. The highest BCUT2D eigenvalue weighted by atomic mass is 127. The summed E-state index contributed by atoms with van der Waals surface area (Å²) in [5.41, 5.74) is 5.86. The van der Waals surface area contributed by atoms with E-state index in [0.29, 0.717) is 3.57 Å². The summed E-state index contributed by atoms with van der Waals surface area (Å²) in [6.45, 7) is 0. The highest BCUT2D eigenvalue weighted by Crippen LogP contribution is 2.21. The molecule has 2 N–H and O–H groups in total. The van der Waals surface area contributed by atoms with E-state index in [2.05, 4.69) is 4.74 Å². The van der Waals surface area contributed by atoms with E-state index in [1.807, 2.05) is 22.6 Å². The Morgan fingerprint density at radius 1 is 1.62 bits per heavy atom. The molecule has 13 heavy (non-hydrogen) atoms. The molecule has 0 aromatic heterocycles. The number of ether oxygens (including phenoxy) is 1. The van der Waals surface area contributed by atoms with Crippen molar-refractivity contribution in [2.45, 2.75) is 0 Å². The third-order valence-corrected chi connectivity index (χ3v) is 2.39. The van der Waals surface area contributed by atoms with Gasteiger partial charge in [0.1, 0.15) is 5.82 Å². The van der Waals surface area contributed by atoms with Crippen LogP contribution in [-0.2, 0) is 4.74 Å². The number of carbonyl (C=O) groups is 1. The SMILES string of the molecule is COC(=O)c1cc(F)cc(I)c1N. The van der Waals surface area contributed by atoms with Crippen LogP contribution in [0.1, 0.15) is 10.4 Å². The number of hydrogen-bond donors (Lipinski definition) is 1. The molecule has 1 aromatic carbocycles. The summed E-state index contributed by atoms with van der Waals surface area (Å²) in [6, 6.07) is 2.31. The summed E-state index contributed by atoms with van der Waals surface area (Å²) in [6.07, 6.45) is 0. The van der Waals surface area contributed by atoms with Gasteiger partial charge in [-0.1, -0.05) is 0 Å². The Balaban J connectivity index is 3.28. The van der Waals surface area contributed by atoms with Gasteiger partial charge in [0.25, 0.3) is 0 Å². The molecule has 3 nitrogen and oxygen atoms in total. The Kier molecular flexibility index (Phi) is 3.07. The number of nitrogen functional groups attached to an aromatic ring is 1. The second-order valence-corrected chi connectivity index (χ2v) is 3.50. The van der Waals surface area contributed by atoms with Crippen molar-refractivity contribution in [3.63, 3.8) is 0 Å². The van der Waals surface area contributed by atoms with Crippen molar-refractivity contribution in [3.05, 3.63) is 27.1 Å². The molecule has 0 aliphatic heterocycles. The number of methoxy groups -OCH3 is 1. The molecule has 0 saturated heterocycles. The summed E-state index contributed by atoms with van der Waals surface area (Å²) in [5.74, 6) is -1.13. The summed E-state index contributed by atoms with van der Waals surface area (Å²) in [7, 11) is 1.22. The Morgan fingerprint density at radius 3 is 2.77 bits per heavy atom. The second-order valence-electron chi connectivity index (χ2n) is 2.34. The predicted molar refractivity (Wildman–Crippen MR) is 54.9 cm³/mol. The van der Waals surface area contributed by atoms with Crippen LogP contribution in [0.5, 0.6) is 0 Å². The Hall–Kier alpha value is -0.850. The van der Waals surface area contributed by atoms with Gasteiger partial charge < -0.3 is 10.5 Å². The first-order valence-electron chi connectivity index (χ1n) is 3.39. The minimum atomic E-state index is -0.630. The molecule has 0 saturated carbocycles. The highest BCUT2D eigenvalue weighted by molar-refractivity contribution is 14.1.